The maximum absolute atomic E-state index is 12.5. The number of aliphatic hydroxyl groups excluding tert-OH is 1. The Morgan fingerprint density at radius 3 is 1.72 bits per heavy atom. The highest BCUT2D eigenvalue weighted by Crippen LogP contribution is 2.07. The Balaban J connectivity index is 5.23. The first-order valence-corrected chi connectivity index (χ1v) is 9.11. The molecule has 3 amide bonds. The van der Waals surface area contributed by atoms with Gasteiger partial charge in [-0.3, -0.25) is 19.2 Å². The van der Waals surface area contributed by atoms with Gasteiger partial charge in [-0.05, 0) is 25.7 Å². The molecular weight excluding hydrogens is 388 g/mol. The van der Waals surface area contributed by atoms with E-state index < -0.39 is 66.9 Å². The number of carboxylic acid groups (broad SMARTS) is 2. The molecular formula is C17H30N4O8. The zero-order valence-electron chi connectivity index (χ0n) is 16.7. The van der Waals surface area contributed by atoms with Crippen molar-refractivity contribution < 1.29 is 39.3 Å². The van der Waals surface area contributed by atoms with E-state index in [0.717, 1.165) is 0 Å². The van der Waals surface area contributed by atoms with Gasteiger partial charge in [0.05, 0.1) is 12.6 Å². The van der Waals surface area contributed by atoms with Crippen LogP contribution in [0.3, 0.4) is 0 Å². The van der Waals surface area contributed by atoms with E-state index in [1.807, 2.05) is 0 Å². The van der Waals surface area contributed by atoms with Gasteiger partial charge in [0.1, 0.15) is 18.1 Å². The summed E-state index contributed by atoms with van der Waals surface area (Å²) in [6, 6.07) is -4.87. The van der Waals surface area contributed by atoms with Crippen LogP contribution in [0.4, 0.5) is 0 Å². The van der Waals surface area contributed by atoms with Crippen molar-refractivity contribution in [2.24, 2.45) is 11.7 Å². The number of carboxylic acids is 2. The molecule has 0 rings (SSSR count). The zero-order valence-corrected chi connectivity index (χ0v) is 16.7. The topological polar surface area (TPSA) is 208 Å². The molecule has 0 saturated heterocycles. The number of nitrogens with two attached hydrogens (primary N) is 1. The lowest BCUT2D eigenvalue weighted by Gasteiger charge is -2.25. The summed E-state index contributed by atoms with van der Waals surface area (Å²) in [5, 5.41) is 34.0. The van der Waals surface area contributed by atoms with Crippen LogP contribution in [-0.4, -0.2) is 75.8 Å². The predicted octanol–water partition coefficient (Wildman–Crippen LogP) is -2.22. The SMILES string of the molecule is CC(C)CC(NC(=O)C(CO)NC(=O)C(C)N)C(=O)NC(CCC(=O)O)C(=O)O. The number of aliphatic carboxylic acids is 2. The first-order chi connectivity index (χ1) is 13.4. The van der Waals surface area contributed by atoms with E-state index in [1.165, 1.54) is 6.92 Å². The van der Waals surface area contributed by atoms with Gasteiger partial charge in [0.2, 0.25) is 17.7 Å². The standard InChI is InChI=1S/C17H30N4O8/c1-8(2)6-11(15(26)19-10(17(28)29)4-5-13(23)24)20-16(27)12(7-22)21-14(25)9(3)18/h8-12,22H,4-7,18H2,1-3H3,(H,19,26)(H,20,27)(H,21,25)(H,23,24)(H,28,29). The summed E-state index contributed by atoms with van der Waals surface area (Å²) in [5.74, 6) is -5.04. The molecule has 0 aromatic carbocycles. The molecule has 0 aliphatic heterocycles. The lowest BCUT2D eigenvalue weighted by Crippen LogP contribution is -2.58. The average molecular weight is 418 g/mol. The van der Waals surface area contributed by atoms with Gasteiger partial charge in [-0.25, -0.2) is 4.79 Å². The van der Waals surface area contributed by atoms with Crippen molar-refractivity contribution in [3.63, 3.8) is 0 Å². The number of hydrogen-bond donors (Lipinski definition) is 7. The molecule has 12 heteroatoms. The Morgan fingerprint density at radius 1 is 0.828 bits per heavy atom. The summed E-state index contributed by atoms with van der Waals surface area (Å²) in [4.78, 5) is 58.4. The Hall–Kier alpha value is -2.73. The molecule has 8 N–H and O–H groups in total. The van der Waals surface area contributed by atoms with Gasteiger partial charge in [0.15, 0.2) is 0 Å². The molecule has 166 valence electrons. The van der Waals surface area contributed by atoms with Gasteiger partial charge in [-0.1, -0.05) is 13.8 Å². The van der Waals surface area contributed by atoms with E-state index in [0.29, 0.717) is 0 Å². The molecule has 0 heterocycles. The van der Waals surface area contributed by atoms with Crippen molar-refractivity contribution in [3.8, 4) is 0 Å². The summed E-state index contributed by atoms with van der Waals surface area (Å²) in [6.45, 7) is 4.19. The number of rotatable bonds is 13. The van der Waals surface area contributed by atoms with E-state index in [1.54, 1.807) is 13.8 Å². The summed E-state index contributed by atoms with van der Waals surface area (Å²) < 4.78 is 0. The van der Waals surface area contributed by atoms with Gasteiger partial charge in [-0.2, -0.15) is 0 Å². The molecule has 4 unspecified atom stereocenters. The molecule has 0 spiro atoms. The number of hydrogen-bond acceptors (Lipinski definition) is 7. The maximum Gasteiger partial charge on any atom is 0.326 e. The lowest BCUT2D eigenvalue weighted by atomic mass is 10.0. The van der Waals surface area contributed by atoms with E-state index in [4.69, 9.17) is 10.8 Å². The van der Waals surface area contributed by atoms with Crippen molar-refractivity contribution >= 4 is 29.7 Å². The molecule has 12 nitrogen and oxygen atoms in total. The minimum absolute atomic E-state index is 0.0698. The summed E-state index contributed by atoms with van der Waals surface area (Å²) in [7, 11) is 0. The Kier molecular flexibility index (Phi) is 11.5. The second-order valence-electron chi connectivity index (χ2n) is 7.05. The third-order valence-corrected chi connectivity index (χ3v) is 3.83. The quantitative estimate of drug-likeness (QED) is 0.172. The number of nitrogens with one attached hydrogen (secondary N) is 3. The third-order valence-electron chi connectivity index (χ3n) is 3.83. The highest BCUT2D eigenvalue weighted by Gasteiger charge is 2.30. The van der Waals surface area contributed by atoms with Crippen LogP contribution in [-0.2, 0) is 24.0 Å². The smallest absolute Gasteiger partial charge is 0.326 e. The summed E-state index contributed by atoms with van der Waals surface area (Å²) in [5.41, 5.74) is 5.40. The summed E-state index contributed by atoms with van der Waals surface area (Å²) >= 11 is 0. The van der Waals surface area contributed by atoms with Crippen LogP contribution in [0.1, 0.15) is 40.0 Å². The van der Waals surface area contributed by atoms with Gasteiger partial charge < -0.3 is 37.0 Å². The lowest BCUT2D eigenvalue weighted by molar-refractivity contribution is -0.143. The normalized spacial score (nSPS) is 15.0. The minimum Gasteiger partial charge on any atom is -0.481 e. The fraction of sp³-hybridized carbons (Fsp3) is 0.706. The Bertz CT molecular complexity index is 608. The molecule has 0 aliphatic carbocycles. The first-order valence-electron chi connectivity index (χ1n) is 9.11. The molecule has 0 radical (unpaired) electrons. The van der Waals surface area contributed by atoms with Crippen LogP contribution < -0.4 is 21.7 Å². The fourth-order valence-electron chi connectivity index (χ4n) is 2.27. The highest BCUT2D eigenvalue weighted by molar-refractivity contribution is 5.94. The van der Waals surface area contributed by atoms with Crippen molar-refractivity contribution in [1.29, 1.82) is 0 Å². The van der Waals surface area contributed by atoms with Gasteiger partial charge >= 0.3 is 11.9 Å². The van der Waals surface area contributed by atoms with Crippen LogP contribution in [0.15, 0.2) is 0 Å². The van der Waals surface area contributed by atoms with Crippen molar-refractivity contribution in [3.05, 3.63) is 0 Å². The van der Waals surface area contributed by atoms with Crippen molar-refractivity contribution in [2.45, 2.75) is 64.2 Å². The van der Waals surface area contributed by atoms with Crippen LogP contribution in [0.5, 0.6) is 0 Å². The van der Waals surface area contributed by atoms with Gasteiger partial charge in [0, 0.05) is 6.42 Å². The number of aliphatic hydroxyl groups is 1. The van der Waals surface area contributed by atoms with E-state index in [2.05, 4.69) is 16.0 Å². The van der Waals surface area contributed by atoms with Gasteiger partial charge in [0.25, 0.3) is 0 Å². The van der Waals surface area contributed by atoms with Crippen molar-refractivity contribution in [2.75, 3.05) is 6.61 Å². The van der Waals surface area contributed by atoms with E-state index >= 15 is 0 Å². The second-order valence-corrected chi connectivity index (χ2v) is 7.05. The Morgan fingerprint density at radius 2 is 1.31 bits per heavy atom. The molecule has 0 bridgehead atoms. The third kappa shape index (κ3) is 10.4. The van der Waals surface area contributed by atoms with Gasteiger partial charge in [-0.15, -0.1) is 0 Å². The number of amides is 3. The monoisotopic (exact) mass is 418 g/mol. The van der Waals surface area contributed by atoms with E-state index in [-0.39, 0.29) is 18.8 Å². The van der Waals surface area contributed by atoms with E-state index in [9.17, 15) is 34.2 Å². The number of carbonyl (C=O) groups is 5. The van der Waals surface area contributed by atoms with Crippen LogP contribution in [0, 0.1) is 5.92 Å². The van der Waals surface area contributed by atoms with Crippen LogP contribution in [0.25, 0.3) is 0 Å². The highest BCUT2D eigenvalue weighted by atomic mass is 16.4. The molecule has 0 aromatic rings. The van der Waals surface area contributed by atoms with Crippen molar-refractivity contribution in [1.82, 2.24) is 16.0 Å². The average Bonchev–Trinajstić information content (AvgIpc) is 2.60. The molecule has 29 heavy (non-hydrogen) atoms. The maximum atomic E-state index is 12.5. The van der Waals surface area contributed by atoms with Crippen LogP contribution >= 0.6 is 0 Å². The summed E-state index contributed by atoms with van der Waals surface area (Å²) in [6.07, 6.45) is -0.654. The minimum atomic E-state index is -1.45. The first kappa shape index (κ1) is 26.3. The molecule has 0 aromatic heterocycles. The Labute approximate surface area is 168 Å². The zero-order chi connectivity index (χ0) is 22.7. The molecule has 4 atom stereocenters. The molecule has 0 fully saturated rings. The molecule has 0 aliphatic rings. The molecule has 0 saturated carbocycles. The van der Waals surface area contributed by atoms with Crippen LogP contribution in [0.2, 0.25) is 0 Å². The number of carbonyl (C=O) groups excluding carboxylic acids is 3. The predicted molar refractivity (Wildman–Crippen MR) is 100 cm³/mol. The largest absolute Gasteiger partial charge is 0.481 e. The fourth-order valence-corrected chi connectivity index (χ4v) is 2.27. The second kappa shape index (κ2) is 12.7.